The monoisotopic (exact) mass is 645 g/mol. The number of hydrogen-bond acceptors (Lipinski definition) is 4. The SMILES string of the molecule is CCC(Sc1cccc(NC(=O)/C(=C/c2ccccc2C)NC(=O)c2ccccc2)c1)C(=O)Nc1ccc(Br)cc1F. The van der Waals surface area contributed by atoms with Gasteiger partial charge in [-0.2, -0.15) is 0 Å². The summed E-state index contributed by atoms with van der Waals surface area (Å²) in [5.41, 5.74) is 2.84. The standard InChI is InChI=1S/C33H29BrFN3O3S/c1-3-30(33(41)37-28-17-16-24(34)19-27(28)35)42-26-15-9-14-25(20-26)36-32(40)29(18-23-13-8-7-10-21(23)2)38-31(39)22-11-5-4-6-12-22/h4-20,30H,3H2,1-2H3,(H,36,40)(H,37,41)(H,38,39)/b29-18-. The van der Waals surface area contributed by atoms with E-state index in [0.717, 1.165) is 16.0 Å². The highest BCUT2D eigenvalue weighted by Crippen LogP contribution is 2.29. The molecule has 42 heavy (non-hydrogen) atoms. The molecule has 4 aromatic carbocycles. The van der Waals surface area contributed by atoms with Crippen LogP contribution in [0.4, 0.5) is 15.8 Å². The van der Waals surface area contributed by atoms with E-state index < -0.39 is 22.9 Å². The van der Waals surface area contributed by atoms with Crippen LogP contribution in [0.3, 0.4) is 0 Å². The molecule has 0 aliphatic rings. The van der Waals surface area contributed by atoms with Gasteiger partial charge in [-0.05, 0) is 79.1 Å². The Bertz CT molecular complexity index is 1630. The third-order valence-electron chi connectivity index (χ3n) is 6.24. The lowest BCUT2D eigenvalue weighted by molar-refractivity contribution is -0.116. The number of halogens is 2. The van der Waals surface area contributed by atoms with Gasteiger partial charge in [0.25, 0.3) is 11.8 Å². The van der Waals surface area contributed by atoms with Gasteiger partial charge >= 0.3 is 0 Å². The van der Waals surface area contributed by atoms with Gasteiger partial charge in [0, 0.05) is 20.6 Å². The Balaban J connectivity index is 1.51. The molecule has 0 aromatic heterocycles. The van der Waals surface area contributed by atoms with Crippen molar-refractivity contribution in [2.24, 2.45) is 0 Å². The maximum Gasteiger partial charge on any atom is 0.272 e. The fourth-order valence-electron chi connectivity index (χ4n) is 3.98. The van der Waals surface area contributed by atoms with Crippen molar-refractivity contribution in [3.05, 3.63) is 130 Å². The quantitative estimate of drug-likeness (QED) is 0.121. The molecule has 4 aromatic rings. The molecule has 214 valence electrons. The van der Waals surface area contributed by atoms with Crippen molar-refractivity contribution in [1.82, 2.24) is 5.32 Å². The Morgan fingerprint density at radius 3 is 2.36 bits per heavy atom. The van der Waals surface area contributed by atoms with E-state index in [-0.39, 0.29) is 17.3 Å². The molecular weight excluding hydrogens is 617 g/mol. The number of thioether (sulfide) groups is 1. The molecule has 0 bridgehead atoms. The lowest BCUT2D eigenvalue weighted by Crippen LogP contribution is -2.30. The molecule has 0 spiro atoms. The van der Waals surface area contributed by atoms with Crippen LogP contribution in [0.25, 0.3) is 6.08 Å². The largest absolute Gasteiger partial charge is 0.323 e. The lowest BCUT2D eigenvalue weighted by atomic mass is 10.1. The number of benzene rings is 4. The molecule has 0 saturated carbocycles. The Hall–Kier alpha value is -4.21. The van der Waals surface area contributed by atoms with Gasteiger partial charge < -0.3 is 16.0 Å². The van der Waals surface area contributed by atoms with Gasteiger partial charge in [-0.1, -0.05) is 71.4 Å². The molecule has 1 atom stereocenters. The van der Waals surface area contributed by atoms with Crippen LogP contribution in [0.1, 0.15) is 34.8 Å². The number of hydrogen-bond donors (Lipinski definition) is 3. The number of nitrogens with one attached hydrogen (secondary N) is 3. The number of amides is 3. The minimum atomic E-state index is -0.531. The molecule has 1 unspecified atom stereocenters. The summed E-state index contributed by atoms with van der Waals surface area (Å²) >= 11 is 4.52. The number of carbonyl (C=O) groups is 3. The highest BCUT2D eigenvalue weighted by atomic mass is 79.9. The summed E-state index contributed by atoms with van der Waals surface area (Å²) in [6, 6.07) is 27.7. The van der Waals surface area contributed by atoms with Crippen molar-refractivity contribution in [1.29, 1.82) is 0 Å². The fourth-order valence-corrected chi connectivity index (χ4v) is 5.33. The van der Waals surface area contributed by atoms with Crippen LogP contribution >= 0.6 is 27.7 Å². The Kier molecular flexibility index (Phi) is 10.7. The minimum absolute atomic E-state index is 0.0820. The van der Waals surface area contributed by atoms with Crippen molar-refractivity contribution in [2.45, 2.75) is 30.4 Å². The average Bonchev–Trinajstić information content (AvgIpc) is 2.98. The molecule has 0 saturated heterocycles. The first-order valence-electron chi connectivity index (χ1n) is 13.2. The zero-order valence-corrected chi connectivity index (χ0v) is 25.4. The molecule has 0 aliphatic heterocycles. The van der Waals surface area contributed by atoms with E-state index in [4.69, 9.17) is 0 Å². The molecule has 0 aliphatic carbocycles. The lowest BCUT2D eigenvalue weighted by Gasteiger charge is -2.16. The summed E-state index contributed by atoms with van der Waals surface area (Å²) in [5.74, 6) is -1.77. The first kappa shape index (κ1) is 30.7. The van der Waals surface area contributed by atoms with Crippen LogP contribution in [-0.4, -0.2) is 23.0 Å². The average molecular weight is 647 g/mol. The van der Waals surface area contributed by atoms with Crippen LogP contribution in [0.15, 0.2) is 112 Å². The van der Waals surface area contributed by atoms with Gasteiger partial charge in [0.1, 0.15) is 11.5 Å². The molecule has 0 heterocycles. The molecule has 9 heteroatoms. The third kappa shape index (κ3) is 8.41. The highest BCUT2D eigenvalue weighted by Gasteiger charge is 2.20. The highest BCUT2D eigenvalue weighted by molar-refractivity contribution is 9.10. The Morgan fingerprint density at radius 1 is 0.905 bits per heavy atom. The van der Waals surface area contributed by atoms with Gasteiger partial charge in [0.2, 0.25) is 5.91 Å². The summed E-state index contributed by atoms with van der Waals surface area (Å²) in [6.07, 6.45) is 2.14. The molecular formula is C33H29BrFN3O3S. The van der Waals surface area contributed by atoms with E-state index in [0.29, 0.717) is 22.1 Å². The zero-order chi connectivity index (χ0) is 30.1. The summed E-state index contributed by atoms with van der Waals surface area (Å²) < 4.78 is 14.8. The normalized spacial score (nSPS) is 11.9. The summed E-state index contributed by atoms with van der Waals surface area (Å²) in [5, 5.41) is 7.77. The van der Waals surface area contributed by atoms with Crippen molar-refractivity contribution < 1.29 is 18.8 Å². The molecule has 0 radical (unpaired) electrons. The van der Waals surface area contributed by atoms with Crippen molar-refractivity contribution in [2.75, 3.05) is 10.6 Å². The molecule has 3 amide bonds. The summed E-state index contributed by atoms with van der Waals surface area (Å²) in [4.78, 5) is 40.0. The Labute approximate surface area is 256 Å². The van der Waals surface area contributed by atoms with Gasteiger partial charge in [-0.15, -0.1) is 11.8 Å². The maximum absolute atomic E-state index is 14.3. The fraction of sp³-hybridized carbons (Fsp3) is 0.121. The number of aryl methyl sites for hydroxylation is 1. The number of anilines is 2. The molecule has 3 N–H and O–H groups in total. The Morgan fingerprint density at radius 2 is 1.64 bits per heavy atom. The van der Waals surface area contributed by atoms with Gasteiger partial charge in [-0.25, -0.2) is 4.39 Å². The number of carbonyl (C=O) groups excluding carboxylic acids is 3. The van der Waals surface area contributed by atoms with E-state index in [2.05, 4.69) is 31.9 Å². The smallest absolute Gasteiger partial charge is 0.272 e. The van der Waals surface area contributed by atoms with Crippen LogP contribution in [0.5, 0.6) is 0 Å². The van der Waals surface area contributed by atoms with E-state index in [1.54, 1.807) is 54.6 Å². The van der Waals surface area contributed by atoms with E-state index in [1.165, 1.54) is 23.9 Å². The first-order chi connectivity index (χ1) is 20.2. The molecule has 0 fully saturated rings. The summed E-state index contributed by atoms with van der Waals surface area (Å²) in [6.45, 7) is 3.80. The van der Waals surface area contributed by atoms with Gasteiger partial charge in [0.15, 0.2) is 0 Å². The summed E-state index contributed by atoms with van der Waals surface area (Å²) in [7, 11) is 0. The van der Waals surface area contributed by atoms with Crippen molar-refractivity contribution in [3.8, 4) is 0 Å². The van der Waals surface area contributed by atoms with Crippen LogP contribution in [0, 0.1) is 12.7 Å². The predicted molar refractivity (Wildman–Crippen MR) is 171 cm³/mol. The van der Waals surface area contributed by atoms with Crippen LogP contribution in [0.2, 0.25) is 0 Å². The van der Waals surface area contributed by atoms with E-state index >= 15 is 0 Å². The molecule has 6 nitrogen and oxygen atoms in total. The van der Waals surface area contributed by atoms with Crippen molar-refractivity contribution in [3.63, 3.8) is 0 Å². The number of rotatable bonds is 10. The van der Waals surface area contributed by atoms with Crippen LogP contribution < -0.4 is 16.0 Å². The third-order valence-corrected chi connectivity index (χ3v) is 8.09. The minimum Gasteiger partial charge on any atom is -0.323 e. The van der Waals surface area contributed by atoms with E-state index in [1.807, 2.05) is 50.2 Å². The predicted octanol–water partition coefficient (Wildman–Crippen LogP) is 7.82. The topological polar surface area (TPSA) is 87.3 Å². The van der Waals surface area contributed by atoms with Crippen LogP contribution in [-0.2, 0) is 9.59 Å². The second-order valence-corrected chi connectivity index (χ2v) is 11.5. The second-order valence-electron chi connectivity index (χ2n) is 9.34. The van der Waals surface area contributed by atoms with E-state index in [9.17, 15) is 18.8 Å². The van der Waals surface area contributed by atoms with Gasteiger partial charge in [-0.3, -0.25) is 14.4 Å². The van der Waals surface area contributed by atoms with Crippen molar-refractivity contribution >= 4 is 62.9 Å². The zero-order valence-electron chi connectivity index (χ0n) is 23.0. The maximum atomic E-state index is 14.3. The molecule has 4 rings (SSSR count). The second kappa shape index (κ2) is 14.6. The van der Waals surface area contributed by atoms with Gasteiger partial charge in [0.05, 0.1) is 10.9 Å². The first-order valence-corrected chi connectivity index (χ1v) is 14.9.